The SMILES string of the molecule is NC1(CCC=O)CN(C(=O)c2sc(-c3cccc(OCC(F)(F)F)c3)cc2Cl)C1. The lowest BCUT2D eigenvalue weighted by atomic mass is 9.86. The molecule has 3 rings (SSSR count). The minimum atomic E-state index is -4.43. The summed E-state index contributed by atoms with van der Waals surface area (Å²) in [6, 6.07) is 7.77. The molecule has 1 fully saturated rings. The predicted octanol–water partition coefficient (Wildman–Crippen LogP) is 4.14. The van der Waals surface area contributed by atoms with Crippen molar-refractivity contribution in [3.05, 3.63) is 40.2 Å². The maximum Gasteiger partial charge on any atom is 0.422 e. The number of amides is 1. The molecule has 5 nitrogen and oxygen atoms in total. The molecule has 1 aromatic carbocycles. The van der Waals surface area contributed by atoms with Crippen LogP contribution in [0.25, 0.3) is 10.4 Å². The monoisotopic (exact) mass is 446 g/mol. The molecule has 10 heteroatoms. The summed E-state index contributed by atoms with van der Waals surface area (Å²) in [5, 5.41) is 0.263. The first-order valence-electron chi connectivity index (χ1n) is 8.71. The van der Waals surface area contributed by atoms with E-state index in [0.717, 1.165) is 17.6 Å². The average Bonchev–Trinajstić information content (AvgIpc) is 3.03. The van der Waals surface area contributed by atoms with Crippen LogP contribution in [0.1, 0.15) is 22.5 Å². The lowest BCUT2D eigenvalue weighted by molar-refractivity contribution is -0.153. The molecular formula is C19H18ClF3N2O3S. The number of ether oxygens (including phenoxy) is 1. The highest BCUT2D eigenvalue weighted by Gasteiger charge is 2.42. The van der Waals surface area contributed by atoms with Crippen molar-refractivity contribution in [1.82, 2.24) is 4.90 Å². The van der Waals surface area contributed by atoms with E-state index in [1.54, 1.807) is 23.1 Å². The van der Waals surface area contributed by atoms with Crippen LogP contribution in [0.4, 0.5) is 13.2 Å². The molecule has 156 valence electrons. The Morgan fingerprint density at radius 3 is 2.72 bits per heavy atom. The highest BCUT2D eigenvalue weighted by molar-refractivity contribution is 7.18. The fraction of sp³-hybridized carbons (Fsp3) is 0.368. The quantitative estimate of drug-likeness (QED) is 0.649. The number of alkyl halides is 3. The maximum absolute atomic E-state index is 12.7. The van der Waals surface area contributed by atoms with Crippen molar-refractivity contribution >= 4 is 35.1 Å². The van der Waals surface area contributed by atoms with Crippen LogP contribution in [0.5, 0.6) is 5.75 Å². The van der Waals surface area contributed by atoms with Crippen molar-refractivity contribution < 1.29 is 27.5 Å². The molecule has 2 aromatic rings. The molecular weight excluding hydrogens is 429 g/mol. The van der Waals surface area contributed by atoms with Crippen LogP contribution in [0.3, 0.4) is 0 Å². The van der Waals surface area contributed by atoms with Gasteiger partial charge in [0, 0.05) is 24.4 Å². The van der Waals surface area contributed by atoms with Crippen molar-refractivity contribution in [1.29, 1.82) is 0 Å². The van der Waals surface area contributed by atoms with Gasteiger partial charge in [-0.25, -0.2) is 0 Å². The first-order chi connectivity index (χ1) is 13.6. The van der Waals surface area contributed by atoms with Gasteiger partial charge in [-0.1, -0.05) is 23.7 Å². The summed E-state index contributed by atoms with van der Waals surface area (Å²) in [5.74, 6) is -0.189. The largest absolute Gasteiger partial charge is 0.484 e. The van der Waals surface area contributed by atoms with E-state index >= 15 is 0 Å². The maximum atomic E-state index is 12.7. The summed E-state index contributed by atoms with van der Waals surface area (Å²) in [6.07, 6.45) is -2.78. The number of hydrogen-bond acceptors (Lipinski definition) is 5. The van der Waals surface area contributed by atoms with Crippen LogP contribution >= 0.6 is 22.9 Å². The lowest BCUT2D eigenvalue weighted by Crippen LogP contribution is -2.68. The van der Waals surface area contributed by atoms with Crippen LogP contribution in [-0.4, -0.2) is 48.5 Å². The molecule has 2 heterocycles. The molecule has 1 aliphatic rings. The number of carbonyl (C=O) groups excluding carboxylic acids is 2. The lowest BCUT2D eigenvalue weighted by Gasteiger charge is -2.47. The van der Waals surface area contributed by atoms with E-state index in [2.05, 4.69) is 0 Å². The van der Waals surface area contributed by atoms with E-state index in [4.69, 9.17) is 22.1 Å². The molecule has 0 saturated carbocycles. The Morgan fingerprint density at radius 1 is 1.34 bits per heavy atom. The van der Waals surface area contributed by atoms with Gasteiger partial charge in [0.2, 0.25) is 0 Å². The van der Waals surface area contributed by atoms with Gasteiger partial charge in [0.15, 0.2) is 6.61 Å². The minimum absolute atomic E-state index is 0.0723. The van der Waals surface area contributed by atoms with Crippen LogP contribution in [-0.2, 0) is 4.79 Å². The zero-order chi connectivity index (χ0) is 21.2. The van der Waals surface area contributed by atoms with Gasteiger partial charge in [-0.3, -0.25) is 4.79 Å². The number of halogens is 4. The van der Waals surface area contributed by atoms with Gasteiger partial charge >= 0.3 is 6.18 Å². The smallest absolute Gasteiger partial charge is 0.422 e. The highest BCUT2D eigenvalue weighted by atomic mass is 35.5. The van der Waals surface area contributed by atoms with Crippen molar-refractivity contribution in [2.75, 3.05) is 19.7 Å². The van der Waals surface area contributed by atoms with Gasteiger partial charge < -0.3 is 20.2 Å². The summed E-state index contributed by atoms with van der Waals surface area (Å²) < 4.78 is 41.8. The van der Waals surface area contributed by atoms with E-state index < -0.39 is 18.3 Å². The summed E-state index contributed by atoms with van der Waals surface area (Å²) in [4.78, 5) is 25.8. The van der Waals surface area contributed by atoms with Gasteiger partial charge in [-0.05, 0) is 30.2 Å². The Labute approximate surface area is 174 Å². The van der Waals surface area contributed by atoms with Crippen LogP contribution in [0.15, 0.2) is 30.3 Å². The fourth-order valence-electron chi connectivity index (χ4n) is 3.07. The molecule has 0 radical (unpaired) electrons. The van der Waals surface area contributed by atoms with Crippen LogP contribution in [0.2, 0.25) is 5.02 Å². The molecule has 29 heavy (non-hydrogen) atoms. The summed E-state index contributed by atoms with van der Waals surface area (Å²) >= 11 is 7.39. The number of carbonyl (C=O) groups is 2. The molecule has 0 atom stereocenters. The molecule has 1 aliphatic heterocycles. The Balaban J connectivity index is 1.71. The Bertz CT molecular complexity index is 910. The Hall–Kier alpha value is -2.10. The normalized spacial score (nSPS) is 15.7. The molecule has 0 aliphatic carbocycles. The molecule has 0 unspecified atom stereocenters. The molecule has 1 saturated heterocycles. The van der Waals surface area contributed by atoms with Gasteiger partial charge in [0.25, 0.3) is 5.91 Å². The minimum Gasteiger partial charge on any atom is -0.484 e. The number of benzene rings is 1. The molecule has 1 aromatic heterocycles. The predicted molar refractivity (Wildman–Crippen MR) is 104 cm³/mol. The zero-order valence-corrected chi connectivity index (χ0v) is 16.7. The Morgan fingerprint density at radius 2 is 2.07 bits per heavy atom. The molecule has 0 spiro atoms. The average molecular weight is 447 g/mol. The highest BCUT2D eigenvalue weighted by Crippen LogP contribution is 2.38. The number of nitrogens with two attached hydrogens (primary N) is 1. The number of rotatable bonds is 7. The fourth-order valence-corrected chi connectivity index (χ4v) is 4.45. The second kappa shape index (κ2) is 8.33. The second-order valence-electron chi connectivity index (χ2n) is 6.95. The van der Waals surface area contributed by atoms with E-state index in [9.17, 15) is 22.8 Å². The van der Waals surface area contributed by atoms with Crippen LogP contribution < -0.4 is 10.5 Å². The number of thiophene rings is 1. The third-order valence-electron chi connectivity index (χ3n) is 4.46. The zero-order valence-electron chi connectivity index (χ0n) is 15.2. The van der Waals surface area contributed by atoms with Crippen molar-refractivity contribution in [3.8, 4) is 16.2 Å². The first kappa shape index (κ1) is 21.6. The topological polar surface area (TPSA) is 72.6 Å². The summed E-state index contributed by atoms with van der Waals surface area (Å²) in [6.45, 7) is -0.709. The number of hydrogen-bond donors (Lipinski definition) is 1. The number of nitrogens with zero attached hydrogens (tertiary/aromatic N) is 1. The van der Waals surface area contributed by atoms with E-state index in [-0.39, 0.29) is 16.7 Å². The van der Waals surface area contributed by atoms with Gasteiger partial charge in [0.05, 0.1) is 10.6 Å². The van der Waals surface area contributed by atoms with E-state index in [1.807, 2.05) is 0 Å². The van der Waals surface area contributed by atoms with Gasteiger partial charge in [0.1, 0.15) is 16.9 Å². The summed E-state index contributed by atoms with van der Waals surface area (Å²) in [5.41, 5.74) is 6.16. The molecule has 0 bridgehead atoms. The van der Waals surface area contributed by atoms with Crippen molar-refractivity contribution in [2.45, 2.75) is 24.6 Å². The summed E-state index contributed by atoms with van der Waals surface area (Å²) in [7, 11) is 0. The molecule has 1 amide bonds. The molecule has 2 N–H and O–H groups in total. The number of likely N-dealkylation sites (tertiary alicyclic amines) is 1. The van der Waals surface area contributed by atoms with Crippen LogP contribution in [0, 0.1) is 0 Å². The van der Waals surface area contributed by atoms with Gasteiger partial charge in [-0.2, -0.15) is 13.2 Å². The third-order valence-corrected chi connectivity index (χ3v) is 6.04. The second-order valence-corrected chi connectivity index (χ2v) is 8.41. The van der Waals surface area contributed by atoms with E-state index in [0.29, 0.717) is 41.2 Å². The Kier molecular flexibility index (Phi) is 6.21. The van der Waals surface area contributed by atoms with Crippen molar-refractivity contribution in [2.24, 2.45) is 5.73 Å². The van der Waals surface area contributed by atoms with Gasteiger partial charge in [-0.15, -0.1) is 11.3 Å². The van der Waals surface area contributed by atoms with Crippen molar-refractivity contribution in [3.63, 3.8) is 0 Å². The first-order valence-corrected chi connectivity index (χ1v) is 9.91. The third kappa shape index (κ3) is 5.29. The number of aldehydes is 1. The standard InChI is InChI=1S/C19H18ClF3N2O3S/c20-14-8-15(12-3-1-4-13(7-12)28-11-19(21,22)23)29-16(14)17(27)25-9-18(24,10-25)5-2-6-26/h1,3-4,6-8H,2,5,9-11,24H2. The van der Waals surface area contributed by atoms with E-state index in [1.165, 1.54) is 12.1 Å².